The molecule has 0 saturated carbocycles. The van der Waals surface area contributed by atoms with Gasteiger partial charge in [-0.05, 0) is 34.0 Å². The normalized spacial score (nSPS) is 12.3. The highest BCUT2D eigenvalue weighted by atomic mass is 79.9. The Morgan fingerprint density at radius 3 is 2.50 bits per heavy atom. The number of halogens is 2. The highest BCUT2D eigenvalue weighted by Gasteiger charge is 2.15. The van der Waals surface area contributed by atoms with Crippen molar-refractivity contribution in [3.63, 3.8) is 0 Å². The second-order valence-corrected chi connectivity index (χ2v) is 4.99. The number of nitro groups is 1. The van der Waals surface area contributed by atoms with Crippen LogP contribution >= 0.6 is 27.5 Å². The predicted octanol–water partition coefficient (Wildman–Crippen LogP) is 4.47. The van der Waals surface area contributed by atoms with Crippen molar-refractivity contribution in [2.24, 2.45) is 0 Å². The van der Waals surface area contributed by atoms with Crippen LogP contribution in [0.25, 0.3) is 0 Å². The van der Waals surface area contributed by atoms with Gasteiger partial charge in [-0.25, -0.2) is 0 Å². The SMILES string of the molecule is O=[N+]([O-])c1ccc(CC(Cl)c2ccoc2Br)cc1. The van der Waals surface area contributed by atoms with E-state index in [9.17, 15) is 10.1 Å². The number of non-ortho nitro benzene ring substituents is 1. The lowest BCUT2D eigenvalue weighted by molar-refractivity contribution is -0.384. The first-order valence-electron chi connectivity index (χ1n) is 5.18. The fourth-order valence-corrected chi connectivity index (χ4v) is 2.60. The molecule has 6 heteroatoms. The number of furan rings is 1. The zero-order valence-corrected chi connectivity index (χ0v) is 11.5. The van der Waals surface area contributed by atoms with Gasteiger partial charge in [0.1, 0.15) is 0 Å². The largest absolute Gasteiger partial charge is 0.457 e. The number of hydrogen-bond donors (Lipinski definition) is 0. The molecule has 1 heterocycles. The summed E-state index contributed by atoms with van der Waals surface area (Å²) in [6.07, 6.45) is 2.14. The van der Waals surface area contributed by atoms with Crippen LogP contribution < -0.4 is 0 Å². The monoisotopic (exact) mass is 329 g/mol. The van der Waals surface area contributed by atoms with Crippen molar-refractivity contribution < 1.29 is 9.34 Å². The second kappa shape index (κ2) is 5.54. The first kappa shape index (κ1) is 13.1. The molecular formula is C12H9BrClNO3. The summed E-state index contributed by atoms with van der Waals surface area (Å²) in [4.78, 5) is 10.1. The third-order valence-electron chi connectivity index (χ3n) is 2.55. The van der Waals surface area contributed by atoms with E-state index in [0.29, 0.717) is 11.1 Å². The minimum Gasteiger partial charge on any atom is -0.457 e. The summed E-state index contributed by atoms with van der Waals surface area (Å²) in [6.45, 7) is 0. The van der Waals surface area contributed by atoms with Gasteiger partial charge in [-0.15, -0.1) is 11.6 Å². The van der Waals surface area contributed by atoms with Gasteiger partial charge in [0.2, 0.25) is 0 Å². The van der Waals surface area contributed by atoms with Crippen LogP contribution in [0.2, 0.25) is 0 Å². The average Bonchev–Trinajstić information content (AvgIpc) is 2.76. The van der Waals surface area contributed by atoms with Crippen molar-refractivity contribution >= 4 is 33.2 Å². The highest BCUT2D eigenvalue weighted by molar-refractivity contribution is 9.10. The summed E-state index contributed by atoms with van der Waals surface area (Å²) in [5, 5.41) is 10.3. The molecule has 0 fully saturated rings. The number of alkyl halides is 1. The Kier molecular flexibility index (Phi) is 4.04. The van der Waals surface area contributed by atoms with Crippen LogP contribution in [0.1, 0.15) is 16.5 Å². The van der Waals surface area contributed by atoms with E-state index in [1.807, 2.05) is 0 Å². The zero-order chi connectivity index (χ0) is 13.1. The molecule has 4 nitrogen and oxygen atoms in total. The molecular weight excluding hydrogens is 321 g/mol. The van der Waals surface area contributed by atoms with Gasteiger partial charge in [0.05, 0.1) is 16.6 Å². The van der Waals surface area contributed by atoms with Crippen LogP contribution in [-0.4, -0.2) is 4.92 Å². The number of nitro benzene ring substituents is 1. The maximum Gasteiger partial charge on any atom is 0.269 e. The Morgan fingerprint density at radius 1 is 1.33 bits per heavy atom. The molecule has 1 aromatic heterocycles. The van der Waals surface area contributed by atoms with Gasteiger partial charge >= 0.3 is 0 Å². The molecule has 0 aliphatic heterocycles. The molecule has 0 saturated heterocycles. The van der Waals surface area contributed by atoms with E-state index in [0.717, 1.165) is 11.1 Å². The maximum absolute atomic E-state index is 10.5. The van der Waals surface area contributed by atoms with Crippen molar-refractivity contribution in [3.8, 4) is 0 Å². The molecule has 0 aliphatic carbocycles. The maximum atomic E-state index is 10.5. The number of hydrogen-bond acceptors (Lipinski definition) is 3. The van der Waals surface area contributed by atoms with Crippen LogP contribution in [0.4, 0.5) is 5.69 Å². The van der Waals surface area contributed by atoms with Gasteiger partial charge in [0.25, 0.3) is 5.69 Å². The van der Waals surface area contributed by atoms with Crippen molar-refractivity contribution in [2.45, 2.75) is 11.8 Å². The second-order valence-electron chi connectivity index (χ2n) is 3.74. The lowest BCUT2D eigenvalue weighted by Gasteiger charge is -2.07. The quantitative estimate of drug-likeness (QED) is 0.472. The van der Waals surface area contributed by atoms with Crippen LogP contribution in [0.3, 0.4) is 0 Å². The number of benzene rings is 1. The topological polar surface area (TPSA) is 56.3 Å². The van der Waals surface area contributed by atoms with Crippen LogP contribution in [0.5, 0.6) is 0 Å². The molecule has 2 rings (SSSR count). The van der Waals surface area contributed by atoms with E-state index < -0.39 is 4.92 Å². The van der Waals surface area contributed by atoms with Crippen LogP contribution in [-0.2, 0) is 6.42 Å². The van der Waals surface area contributed by atoms with Gasteiger partial charge < -0.3 is 4.42 Å². The fraction of sp³-hybridized carbons (Fsp3) is 0.167. The van der Waals surface area contributed by atoms with Gasteiger partial charge in [-0.2, -0.15) is 0 Å². The van der Waals surface area contributed by atoms with E-state index in [2.05, 4.69) is 15.9 Å². The Hall–Kier alpha value is -1.33. The third kappa shape index (κ3) is 2.91. The molecule has 1 aromatic carbocycles. The van der Waals surface area contributed by atoms with Crippen molar-refractivity contribution in [2.75, 3.05) is 0 Å². The lowest BCUT2D eigenvalue weighted by atomic mass is 10.1. The molecule has 2 aromatic rings. The minimum atomic E-state index is -0.422. The Bertz CT molecular complexity index is 553. The Balaban J connectivity index is 2.10. The van der Waals surface area contributed by atoms with Gasteiger partial charge in [-0.3, -0.25) is 10.1 Å². The van der Waals surface area contributed by atoms with Crippen LogP contribution in [0.15, 0.2) is 45.7 Å². The molecule has 18 heavy (non-hydrogen) atoms. The lowest BCUT2D eigenvalue weighted by Crippen LogP contribution is -1.96. The van der Waals surface area contributed by atoms with E-state index in [4.69, 9.17) is 16.0 Å². The van der Waals surface area contributed by atoms with E-state index in [-0.39, 0.29) is 11.1 Å². The van der Waals surface area contributed by atoms with Crippen molar-refractivity contribution in [3.05, 3.63) is 62.5 Å². The Morgan fingerprint density at radius 2 is 2.00 bits per heavy atom. The van der Waals surface area contributed by atoms with E-state index in [1.54, 1.807) is 24.5 Å². The first-order chi connectivity index (χ1) is 8.58. The molecule has 0 spiro atoms. The van der Waals surface area contributed by atoms with Gasteiger partial charge in [0, 0.05) is 17.7 Å². The summed E-state index contributed by atoms with van der Waals surface area (Å²) in [7, 11) is 0. The smallest absolute Gasteiger partial charge is 0.269 e. The first-order valence-corrected chi connectivity index (χ1v) is 6.41. The van der Waals surface area contributed by atoms with Crippen molar-refractivity contribution in [1.82, 2.24) is 0 Å². The summed E-state index contributed by atoms with van der Waals surface area (Å²) in [6, 6.07) is 8.17. The fourth-order valence-electron chi connectivity index (χ4n) is 1.60. The molecule has 0 radical (unpaired) electrons. The standard InChI is InChI=1S/C12H9BrClNO3/c13-12-10(5-6-18-12)11(14)7-8-1-3-9(4-2-8)15(16)17/h1-6,11H,7H2. The molecule has 94 valence electrons. The summed E-state index contributed by atoms with van der Waals surface area (Å²) < 4.78 is 5.73. The summed E-state index contributed by atoms with van der Waals surface area (Å²) in [5.41, 5.74) is 1.89. The van der Waals surface area contributed by atoms with E-state index >= 15 is 0 Å². The number of nitrogens with zero attached hydrogens (tertiary/aromatic N) is 1. The summed E-state index contributed by atoms with van der Waals surface area (Å²) in [5.74, 6) is 0. The zero-order valence-electron chi connectivity index (χ0n) is 9.18. The molecule has 0 amide bonds. The van der Waals surface area contributed by atoms with E-state index in [1.165, 1.54) is 12.1 Å². The van der Waals surface area contributed by atoms with Gasteiger partial charge in [0.15, 0.2) is 4.67 Å². The van der Waals surface area contributed by atoms with Crippen molar-refractivity contribution in [1.29, 1.82) is 0 Å². The molecule has 0 aliphatic rings. The minimum absolute atomic E-state index is 0.0781. The molecule has 1 atom stereocenters. The molecule has 1 unspecified atom stereocenters. The molecule has 0 bridgehead atoms. The number of rotatable bonds is 4. The van der Waals surface area contributed by atoms with Gasteiger partial charge in [-0.1, -0.05) is 12.1 Å². The molecule has 0 N–H and O–H groups in total. The Labute approximate surface area is 117 Å². The third-order valence-corrected chi connectivity index (χ3v) is 3.58. The predicted molar refractivity (Wildman–Crippen MR) is 71.8 cm³/mol. The highest BCUT2D eigenvalue weighted by Crippen LogP contribution is 2.32. The van der Waals surface area contributed by atoms with Crippen LogP contribution in [0, 0.1) is 10.1 Å². The summed E-state index contributed by atoms with van der Waals surface area (Å²) >= 11 is 9.54. The average molecular weight is 331 g/mol.